The van der Waals surface area contributed by atoms with Crippen LogP contribution in [0.2, 0.25) is 0 Å². The molecule has 1 aromatic heterocycles. The molecule has 3 rings (SSSR count). The van der Waals surface area contributed by atoms with E-state index in [1.54, 1.807) is 0 Å². The molecular formula is C17H22N4. The first-order valence-electron chi connectivity index (χ1n) is 7.66. The lowest BCUT2D eigenvalue weighted by Crippen LogP contribution is -2.26. The van der Waals surface area contributed by atoms with Gasteiger partial charge in [0, 0.05) is 25.0 Å². The van der Waals surface area contributed by atoms with Crippen molar-refractivity contribution in [3.05, 3.63) is 47.4 Å². The Kier molecular flexibility index (Phi) is 4.15. The summed E-state index contributed by atoms with van der Waals surface area (Å²) < 4.78 is 0. The van der Waals surface area contributed by atoms with Crippen LogP contribution in [0.4, 0.5) is 11.5 Å². The fourth-order valence-corrected chi connectivity index (χ4v) is 2.83. The van der Waals surface area contributed by atoms with Crippen molar-refractivity contribution in [1.29, 1.82) is 0 Å². The van der Waals surface area contributed by atoms with Crippen molar-refractivity contribution in [3.63, 3.8) is 0 Å². The van der Waals surface area contributed by atoms with Crippen LogP contribution in [0.5, 0.6) is 0 Å². The highest BCUT2D eigenvalue weighted by Gasteiger charge is 2.19. The molecule has 21 heavy (non-hydrogen) atoms. The predicted octanol–water partition coefficient (Wildman–Crippen LogP) is 2.98. The first-order chi connectivity index (χ1) is 10.3. The maximum Gasteiger partial charge on any atom is 0.151 e. The van der Waals surface area contributed by atoms with Gasteiger partial charge in [-0.25, -0.2) is 4.98 Å². The highest BCUT2D eigenvalue weighted by atomic mass is 15.2. The second-order valence-corrected chi connectivity index (χ2v) is 5.54. The fourth-order valence-electron chi connectivity index (χ4n) is 2.83. The van der Waals surface area contributed by atoms with Gasteiger partial charge in [-0.2, -0.15) is 0 Å². The fraction of sp³-hybridized carbons (Fsp3) is 0.412. The van der Waals surface area contributed by atoms with Crippen molar-refractivity contribution in [2.45, 2.75) is 33.2 Å². The number of benzene rings is 1. The lowest BCUT2D eigenvalue weighted by molar-refractivity contribution is 0.701. The number of rotatable bonds is 4. The SMILES string of the molecule is CCNCc1cncc(N2CCCc3cc(C)ccc32)n1. The first kappa shape index (κ1) is 14.0. The molecule has 0 radical (unpaired) electrons. The van der Waals surface area contributed by atoms with Crippen molar-refractivity contribution in [2.75, 3.05) is 18.0 Å². The molecule has 4 nitrogen and oxygen atoms in total. The molecule has 2 heterocycles. The predicted molar refractivity (Wildman–Crippen MR) is 85.9 cm³/mol. The van der Waals surface area contributed by atoms with Crippen LogP contribution in [0.3, 0.4) is 0 Å². The largest absolute Gasteiger partial charge is 0.325 e. The van der Waals surface area contributed by atoms with E-state index in [9.17, 15) is 0 Å². The van der Waals surface area contributed by atoms with E-state index in [1.807, 2.05) is 12.4 Å². The number of nitrogens with zero attached hydrogens (tertiary/aromatic N) is 3. The van der Waals surface area contributed by atoms with Gasteiger partial charge < -0.3 is 10.2 Å². The number of anilines is 2. The van der Waals surface area contributed by atoms with E-state index >= 15 is 0 Å². The number of nitrogens with one attached hydrogen (secondary N) is 1. The summed E-state index contributed by atoms with van der Waals surface area (Å²) in [6.07, 6.45) is 6.02. The van der Waals surface area contributed by atoms with Crippen molar-refractivity contribution >= 4 is 11.5 Å². The van der Waals surface area contributed by atoms with E-state index in [0.717, 1.165) is 44.0 Å². The van der Waals surface area contributed by atoms with Crippen LogP contribution in [0.15, 0.2) is 30.6 Å². The molecule has 2 aromatic rings. The molecule has 1 N–H and O–H groups in total. The van der Waals surface area contributed by atoms with Gasteiger partial charge in [-0.15, -0.1) is 0 Å². The monoisotopic (exact) mass is 282 g/mol. The van der Waals surface area contributed by atoms with E-state index in [2.05, 4.69) is 47.2 Å². The Morgan fingerprint density at radius 3 is 3.05 bits per heavy atom. The normalized spacial score (nSPS) is 14.1. The summed E-state index contributed by atoms with van der Waals surface area (Å²) in [5, 5.41) is 3.30. The second kappa shape index (κ2) is 6.22. The van der Waals surface area contributed by atoms with Gasteiger partial charge >= 0.3 is 0 Å². The minimum absolute atomic E-state index is 0.770. The van der Waals surface area contributed by atoms with Gasteiger partial charge in [0.2, 0.25) is 0 Å². The number of aryl methyl sites for hydroxylation is 2. The first-order valence-corrected chi connectivity index (χ1v) is 7.66. The van der Waals surface area contributed by atoms with E-state index < -0.39 is 0 Å². The Hall–Kier alpha value is -1.94. The molecular weight excluding hydrogens is 260 g/mol. The van der Waals surface area contributed by atoms with Crippen LogP contribution in [0, 0.1) is 6.92 Å². The minimum Gasteiger partial charge on any atom is -0.325 e. The lowest BCUT2D eigenvalue weighted by Gasteiger charge is -2.30. The highest BCUT2D eigenvalue weighted by molar-refractivity contribution is 5.65. The molecule has 0 aliphatic carbocycles. The van der Waals surface area contributed by atoms with Crippen LogP contribution in [0.1, 0.15) is 30.2 Å². The van der Waals surface area contributed by atoms with Gasteiger partial charge in [0.25, 0.3) is 0 Å². The smallest absolute Gasteiger partial charge is 0.151 e. The number of hydrogen-bond acceptors (Lipinski definition) is 4. The van der Waals surface area contributed by atoms with Crippen molar-refractivity contribution in [1.82, 2.24) is 15.3 Å². The Labute approximate surface area is 126 Å². The third kappa shape index (κ3) is 3.05. The maximum atomic E-state index is 4.76. The van der Waals surface area contributed by atoms with Crippen LogP contribution >= 0.6 is 0 Å². The summed E-state index contributed by atoms with van der Waals surface area (Å²) in [7, 11) is 0. The molecule has 0 saturated heterocycles. The zero-order valence-corrected chi connectivity index (χ0v) is 12.8. The molecule has 0 saturated carbocycles. The number of hydrogen-bond donors (Lipinski definition) is 1. The Morgan fingerprint density at radius 2 is 2.19 bits per heavy atom. The van der Waals surface area contributed by atoms with Gasteiger partial charge in [0.1, 0.15) is 0 Å². The molecule has 1 aromatic carbocycles. The van der Waals surface area contributed by atoms with E-state index in [-0.39, 0.29) is 0 Å². The van der Waals surface area contributed by atoms with Gasteiger partial charge in [-0.05, 0) is 37.9 Å². The Balaban J connectivity index is 1.91. The topological polar surface area (TPSA) is 41.1 Å². The molecule has 4 heteroatoms. The maximum absolute atomic E-state index is 4.76. The lowest BCUT2D eigenvalue weighted by atomic mass is 10.00. The summed E-state index contributed by atoms with van der Waals surface area (Å²) in [5.41, 5.74) is 5.01. The zero-order valence-electron chi connectivity index (χ0n) is 12.8. The molecule has 0 bridgehead atoms. The molecule has 0 unspecified atom stereocenters. The van der Waals surface area contributed by atoms with Crippen molar-refractivity contribution < 1.29 is 0 Å². The average molecular weight is 282 g/mol. The third-order valence-corrected chi connectivity index (χ3v) is 3.86. The third-order valence-electron chi connectivity index (χ3n) is 3.86. The summed E-state index contributed by atoms with van der Waals surface area (Å²) >= 11 is 0. The molecule has 1 aliphatic heterocycles. The summed E-state index contributed by atoms with van der Waals surface area (Å²) in [5.74, 6) is 0.954. The van der Waals surface area contributed by atoms with Crippen LogP contribution in [-0.2, 0) is 13.0 Å². The highest BCUT2D eigenvalue weighted by Crippen LogP contribution is 2.32. The van der Waals surface area contributed by atoms with Crippen LogP contribution in [-0.4, -0.2) is 23.1 Å². The standard InChI is InChI=1S/C17H22N4/c1-3-18-10-15-11-19-12-17(20-15)21-8-4-5-14-9-13(2)6-7-16(14)21/h6-7,9,11-12,18H,3-5,8,10H2,1-2H3. The summed E-state index contributed by atoms with van der Waals surface area (Å²) in [4.78, 5) is 11.4. The van der Waals surface area contributed by atoms with Crippen molar-refractivity contribution in [2.24, 2.45) is 0 Å². The van der Waals surface area contributed by atoms with Crippen LogP contribution in [0.25, 0.3) is 0 Å². The van der Waals surface area contributed by atoms with Gasteiger partial charge in [0.05, 0.1) is 11.9 Å². The molecule has 0 fully saturated rings. The van der Waals surface area contributed by atoms with E-state index in [4.69, 9.17) is 4.98 Å². The zero-order chi connectivity index (χ0) is 14.7. The van der Waals surface area contributed by atoms with E-state index in [1.165, 1.54) is 16.8 Å². The van der Waals surface area contributed by atoms with E-state index in [0.29, 0.717) is 0 Å². The van der Waals surface area contributed by atoms with Crippen LogP contribution < -0.4 is 10.2 Å². The molecule has 0 amide bonds. The average Bonchev–Trinajstić information content (AvgIpc) is 2.52. The minimum atomic E-state index is 0.770. The Bertz CT molecular complexity index is 624. The summed E-state index contributed by atoms with van der Waals surface area (Å²) in [6, 6.07) is 6.67. The van der Waals surface area contributed by atoms with Gasteiger partial charge in [-0.1, -0.05) is 24.6 Å². The quantitative estimate of drug-likeness (QED) is 0.936. The number of fused-ring (bicyclic) bond motifs is 1. The molecule has 0 spiro atoms. The van der Waals surface area contributed by atoms with Gasteiger partial charge in [0.15, 0.2) is 5.82 Å². The number of aromatic nitrogens is 2. The molecule has 0 atom stereocenters. The summed E-state index contributed by atoms with van der Waals surface area (Å²) in [6.45, 7) is 6.97. The van der Waals surface area contributed by atoms with Crippen molar-refractivity contribution in [3.8, 4) is 0 Å². The second-order valence-electron chi connectivity index (χ2n) is 5.54. The Morgan fingerprint density at radius 1 is 1.29 bits per heavy atom. The molecule has 1 aliphatic rings. The molecule has 110 valence electrons. The van der Waals surface area contributed by atoms with Gasteiger partial charge in [-0.3, -0.25) is 4.98 Å².